The van der Waals surface area contributed by atoms with E-state index in [-0.39, 0.29) is 90.8 Å². The molecule has 41 heteroatoms. The van der Waals surface area contributed by atoms with E-state index in [0.717, 1.165) is 12.7 Å². The van der Waals surface area contributed by atoms with E-state index in [1.807, 2.05) is 0 Å². The molecule has 1 saturated heterocycles. The van der Waals surface area contributed by atoms with Crippen molar-refractivity contribution in [1.29, 1.82) is 0 Å². The maximum atomic E-state index is 13.1. The highest BCUT2D eigenvalue weighted by Crippen LogP contribution is 2.66. The summed E-state index contributed by atoms with van der Waals surface area (Å²) >= 11 is 1.20. The minimum Gasteiger partial charge on any atom is -0.491 e. The van der Waals surface area contributed by atoms with E-state index in [2.05, 4.69) is 71.4 Å². The highest BCUT2D eigenvalue weighted by Gasteiger charge is 2.44. The van der Waals surface area contributed by atoms with E-state index < -0.39 is 95.5 Å². The molecule has 7 rings (SSSR count). The number of nitrogens with zero attached hydrogens (tertiary/aromatic N) is 10. The highest BCUT2D eigenvalue weighted by molar-refractivity contribution is 7.85. The molecule has 0 radical (unpaired) electrons. The van der Waals surface area contributed by atoms with Crippen molar-refractivity contribution in [3.05, 3.63) is 115 Å². The Bertz CT molecular complexity index is 4070. The average molecular weight is 1350 g/mol. The topological polar surface area (TPSA) is 536 Å². The van der Waals surface area contributed by atoms with Crippen LogP contribution >= 0.6 is 34.8 Å². The summed E-state index contributed by atoms with van der Waals surface area (Å²) in [7, 11) is -21.1. The van der Waals surface area contributed by atoms with Gasteiger partial charge in [-0.25, -0.2) is 33.4 Å². The van der Waals surface area contributed by atoms with Crippen LogP contribution in [0.5, 0.6) is 5.75 Å². The number of ketones is 1. The van der Waals surface area contributed by atoms with Crippen LogP contribution in [0.25, 0.3) is 53.5 Å². The second kappa shape index (κ2) is 32.3. The number of nitrogen functional groups attached to an aromatic ring is 1. The lowest BCUT2D eigenvalue weighted by Gasteiger charge is -2.21. The van der Waals surface area contributed by atoms with Crippen molar-refractivity contribution >= 4 is 96.0 Å². The number of nitrogens with one attached hydrogen (secondary N) is 3. The molecule has 0 bridgehead atoms. The molecule has 2 amide bonds. The summed E-state index contributed by atoms with van der Waals surface area (Å²) < 4.78 is 108. The predicted octanol–water partition coefficient (Wildman–Crippen LogP) is 5.91. The first-order chi connectivity index (χ1) is 42.8. The van der Waals surface area contributed by atoms with Gasteiger partial charge in [0.25, 0.3) is 10.1 Å². The summed E-state index contributed by atoms with van der Waals surface area (Å²) in [5.41, 5.74) is 25.9. The number of phosphoric acid groups is 3. The molecule has 0 aliphatic carbocycles. The van der Waals surface area contributed by atoms with Gasteiger partial charge >= 0.3 is 29.1 Å². The Hall–Kier alpha value is -7.71. The lowest BCUT2D eigenvalue weighted by atomic mass is 10.0. The van der Waals surface area contributed by atoms with Gasteiger partial charge < -0.3 is 69.2 Å². The predicted molar refractivity (Wildman–Crippen MR) is 317 cm³/mol. The van der Waals surface area contributed by atoms with Crippen LogP contribution in [-0.2, 0) is 67.2 Å². The van der Waals surface area contributed by atoms with Gasteiger partial charge in [0.15, 0.2) is 12.0 Å². The molecule has 6 unspecified atom stereocenters. The lowest BCUT2D eigenvalue weighted by molar-refractivity contribution is -0.128. The first-order valence-corrected chi connectivity index (χ1v) is 33.6. The van der Waals surface area contributed by atoms with E-state index in [0.29, 0.717) is 58.7 Å². The Labute approximate surface area is 513 Å². The Morgan fingerprint density at radius 3 is 2.53 bits per heavy atom. The second-order valence-electron chi connectivity index (χ2n) is 19.1. The number of carbonyl (C=O) groups is 3. The van der Waals surface area contributed by atoms with Gasteiger partial charge in [0.05, 0.1) is 53.6 Å². The number of anilines is 2. The number of hydrogen-bond acceptors (Lipinski definition) is 25. The number of amides is 2. The second-order valence-corrected chi connectivity index (χ2v) is 26.0. The molecule has 0 saturated carbocycles. The summed E-state index contributed by atoms with van der Waals surface area (Å²) in [6.45, 7) is -1.93. The minimum atomic E-state index is -5.83. The fourth-order valence-corrected chi connectivity index (χ4v) is 12.9. The van der Waals surface area contributed by atoms with Gasteiger partial charge in [-0.15, -0.1) is 11.3 Å². The Kier molecular flexibility index (Phi) is 25.1. The molecule has 1 fully saturated rings. The molecule has 5 heterocycles. The Morgan fingerprint density at radius 1 is 0.967 bits per heavy atom. The number of thiazole rings is 1. The van der Waals surface area contributed by atoms with Crippen molar-refractivity contribution in [3.63, 3.8) is 0 Å². The van der Waals surface area contributed by atoms with Gasteiger partial charge in [-0.05, 0) is 60.7 Å². The summed E-state index contributed by atoms with van der Waals surface area (Å²) in [4.78, 5) is 107. The molecule has 482 valence electrons. The number of Topliss-reactive ketones (excluding diaryl/α,β-unsaturated/α-hetero) is 1. The fraction of sp³-hybridized carbons (Fsp3) is 0.408. The van der Waals surface area contributed by atoms with E-state index >= 15 is 0 Å². The van der Waals surface area contributed by atoms with Gasteiger partial charge in [0, 0.05) is 70.0 Å². The monoisotopic (exact) mass is 1350 g/mol. The zero-order valence-electron chi connectivity index (χ0n) is 46.9. The number of carbonyl (C=O) groups excluding carboxylic acids is 3. The van der Waals surface area contributed by atoms with Gasteiger partial charge in [-0.1, -0.05) is 47.0 Å². The normalized spacial score (nSPS) is 16.6. The lowest BCUT2D eigenvalue weighted by Crippen LogP contribution is -2.31. The minimum absolute atomic E-state index is 0.00602. The zero-order chi connectivity index (χ0) is 65.1. The Balaban J connectivity index is 0.807. The van der Waals surface area contributed by atoms with Crippen molar-refractivity contribution in [3.8, 4) is 28.2 Å². The molecule has 2 aromatic carbocycles. The van der Waals surface area contributed by atoms with Crippen molar-refractivity contribution in [1.82, 2.24) is 30.2 Å². The number of phosphoric ester groups is 1. The number of hydrogen-bond donors (Lipinski definition) is 9. The molecule has 0 spiro atoms. The maximum Gasteiger partial charge on any atom is 0.490 e. The van der Waals surface area contributed by atoms with Crippen LogP contribution in [0, 0.1) is 11.8 Å². The third-order valence-corrected chi connectivity index (χ3v) is 18.0. The summed E-state index contributed by atoms with van der Waals surface area (Å²) in [5, 5.41) is 18.2. The number of fused-ring (bicyclic) bond motifs is 2. The van der Waals surface area contributed by atoms with Gasteiger partial charge in [0.2, 0.25) is 11.8 Å². The first kappa shape index (κ1) is 69.8. The highest BCUT2D eigenvalue weighted by atomic mass is 32.2. The van der Waals surface area contributed by atoms with E-state index in [1.165, 1.54) is 28.2 Å². The number of unbranched alkanes of at least 4 members (excludes halogenated alkanes) is 3. The summed E-state index contributed by atoms with van der Waals surface area (Å²) in [6, 6.07) is 13.1. The quantitative estimate of drug-likeness (QED) is 0.00257. The zero-order valence-corrected chi connectivity index (χ0v) is 51.2. The molecule has 6 aromatic rings. The maximum absolute atomic E-state index is 13.1. The largest absolute Gasteiger partial charge is 0.491 e. The molecule has 10 N–H and O–H groups in total. The van der Waals surface area contributed by atoms with Crippen LogP contribution < -0.4 is 32.0 Å². The van der Waals surface area contributed by atoms with Crippen molar-refractivity contribution in [2.45, 2.75) is 76.0 Å². The molecule has 6 atom stereocenters. The standard InChI is InChI=1S/C49H57N14O22P3S2/c50-46-45-32(23-63(47(45)57-28-56-46)44-22-39(80-29-58-61-51)40(82-44)24-81-87(71,72)85-88(73,74)84-86(68,69)70)9-6-15-55-42(66)25-79-43(60-62-52)26-78-35-10-5-8-30(18-35)37(64)11-3-1-2-4-14-54-41(65)21-34-27-89-48(59-34)36-19-31-12-13-33(20-38(31)83-49(36)67)53-16-7-17-90(75,76)77/h5,8,10,12-13,18-20,23,27-28,39-40,43-44,53H,1-4,7,11,14-17,21-22,24-26,29H2,(H,54,65)(H,55,66)(H,71,72)(H,73,74)(H2,50,56,57)(H2,68,69,70)(H,75,76,77). The molecule has 90 heavy (non-hydrogen) atoms. The van der Waals surface area contributed by atoms with Crippen LogP contribution in [0.4, 0.5) is 11.5 Å². The van der Waals surface area contributed by atoms with Crippen molar-refractivity contribution < 1.29 is 97.1 Å². The third kappa shape index (κ3) is 22.1. The number of rotatable bonds is 35. The fourth-order valence-electron chi connectivity index (χ4n) is 8.58. The summed E-state index contributed by atoms with van der Waals surface area (Å²) in [5.74, 6) is 4.42. The van der Waals surface area contributed by atoms with Crippen molar-refractivity contribution in [2.24, 2.45) is 10.2 Å². The number of nitrogens with two attached hydrogens (primary N) is 1. The first-order valence-electron chi connectivity index (χ1n) is 26.6. The molecular formula is C49H57N14O22P3S2. The molecule has 4 aromatic heterocycles. The van der Waals surface area contributed by atoms with E-state index in [9.17, 15) is 56.6 Å². The number of aromatic nitrogens is 4. The number of benzene rings is 2. The molecule has 36 nitrogen and oxygen atoms in total. The Morgan fingerprint density at radius 2 is 1.77 bits per heavy atom. The van der Waals surface area contributed by atoms with Crippen LogP contribution in [0.3, 0.4) is 0 Å². The van der Waals surface area contributed by atoms with Crippen LogP contribution in [0.2, 0.25) is 0 Å². The molecule has 1 aliphatic heterocycles. The average Bonchev–Trinajstić information content (AvgIpc) is 1.61. The molecule has 1 aliphatic rings. The summed E-state index contributed by atoms with van der Waals surface area (Å²) in [6.07, 6.45) is 0.975. The van der Waals surface area contributed by atoms with Crippen LogP contribution in [-0.4, -0.2) is 140 Å². The van der Waals surface area contributed by atoms with Crippen molar-refractivity contribution in [2.75, 3.05) is 63.0 Å². The molecular weight excluding hydrogens is 1290 g/mol. The van der Waals surface area contributed by atoms with Gasteiger partial charge in [-0.2, -0.15) is 17.0 Å². The third-order valence-electron chi connectivity index (χ3n) is 12.5. The van der Waals surface area contributed by atoms with Gasteiger partial charge in [0.1, 0.15) is 66.4 Å². The van der Waals surface area contributed by atoms with Crippen LogP contribution in [0.1, 0.15) is 72.8 Å². The smallest absolute Gasteiger partial charge is 0.490 e. The van der Waals surface area contributed by atoms with E-state index in [4.69, 9.17) is 53.5 Å². The number of ether oxygens (including phenoxy) is 4. The van der Waals surface area contributed by atoms with Crippen LogP contribution in [0.15, 0.2) is 85.9 Å². The van der Waals surface area contributed by atoms with E-state index in [1.54, 1.807) is 47.8 Å². The SMILES string of the molecule is [N-]=[N+]=NCOC1CC(n2cc(C#CCNC(=O)COC(COc3cccc(C(=O)CCCCCCNC(=O)Cc4csc(-c5cc6ccc(NCCCS(=O)(=O)O)cc6oc5=O)n4)c3)N=[N+]=[N-])c3c(N)ncnc32)OC1COP(=O)(O)OP(=O)(O)OP(=O)(O)O. The van der Waals surface area contributed by atoms with Gasteiger partial charge in [-0.3, -0.25) is 23.5 Å². The number of azide groups is 2.